The van der Waals surface area contributed by atoms with Crippen molar-refractivity contribution in [1.82, 2.24) is 29.7 Å². The van der Waals surface area contributed by atoms with Crippen molar-refractivity contribution in [2.75, 3.05) is 30.5 Å². The molecule has 1 aliphatic carbocycles. The molecular formula is C28H33F3N8O3. The maximum atomic E-state index is 13.3. The van der Waals surface area contributed by atoms with Gasteiger partial charge in [0.15, 0.2) is 11.5 Å². The number of fused-ring (bicyclic) bond motifs is 1. The quantitative estimate of drug-likeness (QED) is 0.283. The number of methoxy groups -OCH3 is 1. The number of H-pyrrole nitrogens is 1. The molecular weight excluding hydrogens is 553 g/mol. The molecule has 4 heterocycles. The zero-order chi connectivity index (χ0) is 29.4. The molecule has 0 amide bonds. The first-order valence-corrected chi connectivity index (χ1v) is 14.2. The Kier molecular flexibility index (Phi) is 7.64. The lowest BCUT2D eigenvalue weighted by Gasteiger charge is -2.36. The number of imidazole rings is 1. The monoisotopic (exact) mass is 586 g/mol. The topological polar surface area (TPSA) is 127 Å². The van der Waals surface area contributed by atoms with Gasteiger partial charge in [0, 0.05) is 19.7 Å². The van der Waals surface area contributed by atoms with E-state index in [1.54, 1.807) is 7.11 Å². The molecule has 2 atom stereocenters. The van der Waals surface area contributed by atoms with Crippen LogP contribution in [0.2, 0.25) is 0 Å². The Labute approximate surface area is 239 Å². The van der Waals surface area contributed by atoms with Crippen LogP contribution >= 0.6 is 0 Å². The number of nitrogens with one attached hydrogen (secondary N) is 2. The van der Waals surface area contributed by atoms with Crippen molar-refractivity contribution in [2.24, 2.45) is 5.92 Å². The van der Waals surface area contributed by atoms with Gasteiger partial charge >= 0.3 is 11.9 Å². The van der Waals surface area contributed by atoms with Gasteiger partial charge in [0.2, 0.25) is 17.6 Å². The predicted molar refractivity (Wildman–Crippen MR) is 149 cm³/mol. The van der Waals surface area contributed by atoms with E-state index in [0.717, 1.165) is 50.8 Å². The van der Waals surface area contributed by atoms with Crippen LogP contribution in [0, 0.1) is 5.92 Å². The second-order valence-electron chi connectivity index (χ2n) is 11.1. The summed E-state index contributed by atoms with van der Waals surface area (Å²) in [5.41, 5.74) is 0.958. The van der Waals surface area contributed by atoms with Crippen LogP contribution in [0.15, 0.2) is 33.6 Å². The van der Waals surface area contributed by atoms with E-state index in [9.17, 15) is 18.0 Å². The third-order valence-electron chi connectivity index (χ3n) is 8.32. The van der Waals surface area contributed by atoms with E-state index in [1.807, 2.05) is 4.57 Å². The summed E-state index contributed by atoms with van der Waals surface area (Å²) in [7, 11) is 1.66. The number of nitrogens with zero attached hydrogens (tertiary/aromatic N) is 6. The molecule has 4 aromatic rings. The standard InChI is InChI=1S/C28H33F3N8O3/c1-16(18-6-5-7-18)32-22-21-23(34-24(33-22)25-36-27(40)42-37-25)35-26(38-13-4-3-8-20(38)15-41-2)39(21)14-17-9-11-19(12-10-17)28(29,30)31/h9-12,16,18,20H,3-8,13-15H2,1-2H3,(H,32,33,34)(H,36,37,40)/t16-,20?/m1/s1. The number of ether oxygens (including phenoxy) is 1. The normalized spacial score (nSPS) is 18.8. The summed E-state index contributed by atoms with van der Waals surface area (Å²) in [5, 5.41) is 7.33. The Hall–Kier alpha value is -3.94. The Morgan fingerprint density at radius 3 is 2.55 bits per heavy atom. The van der Waals surface area contributed by atoms with E-state index in [1.165, 1.54) is 18.6 Å². The number of piperidine rings is 1. The highest BCUT2D eigenvalue weighted by atomic mass is 19.4. The van der Waals surface area contributed by atoms with Crippen molar-refractivity contribution in [3.05, 3.63) is 45.9 Å². The molecule has 2 fully saturated rings. The van der Waals surface area contributed by atoms with Gasteiger partial charge in [-0.3, -0.25) is 9.51 Å². The van der Waals surface area contributed by atoms with Crippen molar-refractivity contribution >= 4 is 22.9 Å². The van der Waals surface area contributed by atoms with Crippen molar-refractivity contribution in [3.8, 4) is 11.6 Å². The van der Waals surface area contributed by atoms with Crippen molar-refractivity contribution in [2.45, 2.75) is 70.3 Å². The summed E-state index contributed by atoms with van der Waals surface area (Å²) >= 11 is 0. The van der Waals surface area contributed by atoms with E-state index in [-0.39, 0.29) is 30.3 Å². The highest BCUT2D eigenvalue weighted by molar-refractivity contribution is 5.87. The van der Waals surface area contributed by atoms with Crippen LogP contribution in [-0.2, 0) is 17.5 Å². The first kappa shape index (κ1) is 28.2. The zero-order valence-corrected chi connectivity index (χ0v) is 23.4. The van der Waals surface area contributed by atoms with Gasteiger partial charge in [-0.05, 0) is 62.6 Å². The van der Waals surface area contributed by atoms with Gasteiger partial charge in [-0.25, -0.2) is 14.8 Å². The Morgan fingerprint density at radius 1 is 1.12 bits per heavy atom. The first-order chi connectivity index (χ1) is 20.2. The van der Waals surface area contributed by atoms with Gasteiger partial charge in [-0.15, -0.1) is 0 Å². The molecule has 14 heteroatoms. The van der Waals surface area contributed by atoms with Crippen LogP contribution in [0.5, 0.6) is 0 Å². The highest BCUT2D eigenvalue weighted by Crippen LogP contribution is 2.36. The maximum absolute atomic E-state index is 13.3. The minimum absolute atomic E-state index is 0.0663. The smallest absolute Gasteiger partial charge is 0.383 e. The fourth-order valence-corrected chi connectivity index (χ4v) is 5.81. The summed E-state index contributed by atoms with van der Waals surface area (Å²) < 4.78 is 52.1. The fourth-order valence-electron chi connectivity index (χ4n) is 5.81. The van der Waals surface area contributed by atoms with Gasteiger partial charge in [-0.2, -0.15) is 18.2 Å². The lowest BCUT2D eigenvalue weighted by atomic mass is 9.80. The van der Waals surface area contributed by atoms with Crippen LogP contribution in [0.1, 0.15) is 56.6 Å². The van der Waals surface area contributed by atoms with Gasteiger partial charge in [0.1, 0.15) is 5.52 Å². The Bertz CT molecular complexity index is 1590. The molecule has 11 nitrogen and oxygen atoms in total. The molecule has 42 heavy (non-hydrogen) atoms. The molecule has 1 unspecified atom stereocenters. The number of anilines is 2. The largest absolute Gasteiger partial charge is 0.439 e. The molecule has 3 aromatic heterocycles. The van der Waals surface area contributed by atoms with Gasteiger partial charge < -0.3 is 19.5 Å². The van der Waals surface area contributed by atoms with Crippen LogP contribution in [0.4, 0.5) is 24.9 Å². The summed E-state index contributed by atoms with van der Waals surface area (Å²) in [5.74, 6) is 1.11. The zero-order valence-electron chi connectivity index (χ0n) is 23.4. The lowest BCUT2D eigenvalue weighted by molar-refractivity contribution is -0.137. The number of rotatable bonds is 9. The molecule has 0 radical (unpaired) electrons. The average Bonchev–Trinajstić information content (AvgIpc) is 3.52. The van der Waals surface area contributed by atoms with Gasteiger partial charge in [0.25, 0.3) is 0 Å². The second kappa shape index (κ2) is 11.4. The van der Waals surface area contributed by atoms with Gasteiger partial charge in [0.05, 0.1) is 24.8 Å². The number of aromatic amines is 1. The van der Waals surface area contributed by atoms with Crippen LogP contribution in [0.25, 0.3) is 22.8 Å². The SMILES string of the molecule is COCC1CCCCN1c1nc2nc(-c3noc(=O)[nH]3)nc(N[C@H](C)C3CCC3)c2n1Cc1ccc(C(F)(F)F)cc1. The van der Waals surface area contributed by atoms with Gasteiger partial charge in [-0.1, -0.05) is 23.7 Å². The van der Waals surface area contributed by atoms with Crippen molar-refractivity contribution in [3.63, 3.8) is 0 Å². The highest BCUT2D eigenvalue weighted by Gasteiger charge is 2.32. The molecule has 1 aromatic carbocycles. The fraction of sp³-hybridized carbons (Fsp3) is 0.536. The average molecular weight is 587 g/mol. The van der Waals surface area contributed by atoms with Crippen molar-refractivity contribution in [1.29, 1.82) is 0 Å². The van der Waals surface area contributed by atoms with E-state index < -0.39 is 17.5 Å². The summed E-state index contributed by atoms with van der Waals surface area (Å²) in [4.78, 5) is 30.8. The van der Waals surface area contributed by atoms with E-state index >= 15 is 0 Å². The van der Waals surface area contributed by atoms with E-state index in [4.69, 9.17) is 19.2 Å². The Balaban J connectivity index is 1.51. The third-order valence-corrected chi connectivity index (χ3v) is 8.32. The molecule has 1 saturated heterocycles. The third kappa shape index (κ3) is 5.59. The van der Waals surface area contributed by atoms with Crippen LogP contribution in [-0.4, -0.2) is 62.0 Å². The molecule has 1 saturated carbocycles. The molecule has 0 bridgehead atoms. The number of benzene rings is 1. The van der Waals surface area contributed by atoms with Crippen LogP contribution in [0.3, 0.4) is 0 Å². The molecule has 2 N–H and O–H groups in total. The molecule has 0 spiro atoms. The predicted octanol–water partition coefficient (Wildman–Crippen LogP) is 4.84. The van der Waals surface area contributed by atoms with Crippen molar-refractivity contribution < 1.29 is 22.4 Å². The van der Waals surface area contributed by atoms with E-state index in [0.29, 0.717) is 41.0 Å². The number of hydrogen-bond acceptors (Lipinski definition) is 9. The second-order valence-corrected chi connectivity index (χ2v) is 11.1. The summed E-state index contributed by atoms with van der Waals surface area (Å²) in [6, 6.07) is 5.32. The number of hydrogen-bond donors (Lipinski definition) is 2. The number of alkyl halides is 3. The summed E-state index contributed by atoms with van der Waals surface area (Å²) in [6.07, 6.45) is 1.89. The minimum Gasteiger partial charge on any atom is -0.383 e. The lowest BCUT2D eigenvalue weighted by Crippen LogP contribution is -2.43. The minimum atomic E-state index is -4.42. The molecule has 6 rings (SSSR count). The number of aromatic nitrogens is 6. The number of halogens is 3. The summed E-state index contributed by atoms with van der Waals surface area (Å²) in [6.45, 7) is 3.59. The molecule has 1 aliphatic heterocycles. The van der Waals surface area contributed by atoms with Crippen LogP contribution < -0.4 is 16.0 Å². The molecule has 224 valence electrons. The first-order valence-electron chi connectivity index (χ1n) is 14.2. The Morgan fingerprint density at radius 2 is 1.90 bits per heavy atom. The molecule has 2 aliphatic rings. The maximum Gasteiger partial charge on any atom is 0.439 e. The van der Waals surface area contributed by atoms with E-state index in [2.05, 4.69) is 32.3 Å².